The van der Waals surface area contributed by atoms with Gasteiger partial charge in [0.15, 0.2) is 0 Å². The summed E-state index contributed by atoms with van der Waals surface area (Å²) < 4.78 is 0. The molecule has 1 heterocycles. The van der Waals surface area contributed by atoms with Crippen LogP contribution in [0.5, 0.6) is 0 Å². The van der Waals surface area contributed by atoms with Crippen molar-refractivity contribution in [3.05, 3.63) is 30.1 Å². The molecular formula is C13H23N3. The average molecular weight is 221 g/mol. The van der Waals surface area contributed by atoms with E-state index in [0.717, 1.165) is 19.6 Å². The molecule has 3 heteroatoms. The van der Waals surface area contributed by atoms with E-state index in [2.05, 4.69) is 35.5 Å². The van der Waals surface area contributed by atoms with Crippen LogP contribution < -0.4 is 10.6 Å². The van der Waals surface area contributed by atoms with Crippen molar-refractivity contribution in [3.8, 4) is 0 Å². The van der Waals surface area contributed by atoms with Crippen LogP contribution in [-0.2, 0) is 5.41 Å². The molecule has 0 aliphatic heterocycles. The minimum Gasteiger partial charge on any atom is -0.320 e. The molecule has 0 spiro atoms. The molecule has 1 rings (SSSR count). The molecule has 0 unspecified atom stereocenters. The molecule has 0 atom stereocenters. The maximum Gasteiger partial charge on any atom is 0.0305 e. The predicted molar refractivity (Wildman–Crippen MR) is 68.7 cm³/mol. The van der Waals surface area contributed by atoms with E-state index in [-0.39, 0.29) is 5.41 Å². The molecule has 1 aromatic rings. The lowest BCUT2D eigenvalue weighted by molar-refractivity contribution is 0.463. The zero-order valence-corrected chi connectivity index (χ0v) is 10.6. The molecule has 0 aliphatic carbocycles. The predicted octanol–water partition coefficient (Wildman–Crippen LogP) is 1.56. The monoisotopic (exact) mass is 221 g/mol. The fraction of sp³-hybridized carbons (Fsp3) is 0.615. The van der Waals surface area contributed by atoms with E-state index < -0.39 is 0 Å². The lowest BCUT2D eigenvalue weighted by Crippen LogP contribution is -2.34. The molecule has 2 N–H and O–H groups in total. The van der Waals surface area contributed by atoms with Crippen LogP contribution in [0.1, 0.15) is 25.8 Å². The number of aromatic nitrogens is 1. The van der Waals surface area contributed by atoms with E-state index in [9.17, 15) is 0 Å². The number of nitrogens with one attached hydrogen (secondary N) is 2. The fourth-order valence-corrected chi connectivity index (χ4v) is 1.66. The smallest absolute Gasteiger partial charge is 0.0305 e. The Labute approximate surface area is 98.7 Å². The molecule has 0 aromatic carbocycles. The number of hydrogen-bond acceptors (Lipinski definition) is 3. The summed E-state index contributed by atoms with van der Waals surface area (Å²) in [6.45, 7) is 7.61. The van der Waals surface area contributed by atoms with Gasteiger partial charge in [-0.15, -0.1) is 0 Å². The minimum atomic E-state index is 0.147. The van der Waals surface area contributed by atoms with Gasteiger partial charge in [-0.1, -0.05) is 19.9 Å². The zero-order chi connectivity index (χ0) is 11.9. The van der Waals surface area contributed by atoms with E-state index in [1.807, 2.05) is 25.5 Å². The fourth-order valence-electron chi connectivity index (χ4n) is 1.66. The highest BCUT2D eigenvalue weighted by Crippen LogP contribution is 2.20. The van der Waals surface area contributed by atoms with E-state index >= 15 is 0 Å². The van der Waals surface area contributed by atoms with Gasteiger partial charge in [-0.05, 0) is 38.2 Å². The lowest BCUT2D eigenvalue weighted by atomic mass is 9.86. The summed E-state index contributed by atoms with van der Waals surface area (Å²) >= 11 is 0. The summed E-state index contributed by atoms with van der Waals surface area (Å²) in [4.78, 5) is 4.17. The highest BCUT2D eigenvalue weighted by Gasteiger charge is 2.19. The van der Waals surface area contributed by atoms with Crippen LogP contribution in [0, 0.1) is 0 Å². The summed E-state index contributed by atoms with van der Waals surface area (Å²) in [5, 5.41) is 6.64. The van der Waals surface area contributed by atoms with Crippen LogP contribution in [0.25, 0.3) is 0 Å². The van der Waals surface area contributed by atoms with E-state index in [1.54, 1.807) is 0 Å². The van der Waals surface area contributed by atoms with Gasteiger partial charge in [-0.3, -0.25) is 4.98 Å². The van der Waals surface area contributed by atoms with Crippen molar-refractivity contribution in [2.75, 3.05) is 26.7 Å². The Balaban J connectivity index is 2.35. The standard InChI is InChI=1S/C13H23N3/c1-13(2,11-16-9-5-7-14-3)12-6-4-8-15-10-12/h4,6,8,10,14,16H,5,7,9,11H2,1-3H3. The molecule has 0 bridgehead atoms. The van der Waals surface area contributed by atoms with Gasteiger partial charge in [-0.25, -0.2) is 0 Å². The quantitative estimate of drug-likeness (QED) is 0.686. The van der Waals surface area contributed by atoms with Crippen molar-refractivity contribution >= 4 is 0 Å². The van der Waals surface area contributed by atoms with Crippen molar-refractivity contribution in [1.82, 2.24) is 15.6 Å². The molecule has 0 radical (unpaired) electrons. The first kappa shape index (κ1) is 13.1. The van der Waals surface area contributed by atoms with Crippen LogP contribution in [0.4, 0.5) is 0 Å². The molecule has 0 saturated heterocycles. The first-order valence-corrected chi connectivity index (χ1v) is 5.92. The van der Waals surface area contributed by atoms with Crippen LogP contribution in [0.15, 0.2) is 24.5 Å². The second kappa shape index (κ2) is 6.61. The second-order valence-electron chi connectivity index (χ2n) is 4.76. The second-order valence-corrected chi connectivity index (χ2v) is 4.76. The minimum absolute atomic E-state index is 0.147. The van der Waals surface area contributed by atoms with Gasteiger partial charge in [0.05, 0.1) is 0 Å². The molecule has 16 heavy (non-hydrogen) atoms. The Morgan fingerprint density at radius 3 is 2.75 bits per heavy atom. The largest absolute Gasteiger partial charge is 0.320 e. The van der Waals surface area contributed by atoms with Crippen molar-refractivity contribution in [3.63, 3.8) is 0 Å². The third-order valence-corrected chi connectivity index (χ3v) is 2.79. The molecule has 3 nitrogen and oxygen atoms in total. The Bertz CT molecular complexity index is 282. The third-order valence-electron chi connectivity index (χ3n) is 2.79. The van der Waals surface area contributed by atoms with Crippen molar-refractivity contribution < 1.29 is 0 Å². The molecule has 1 aromatic heterocycles. The lowest BCUT2D eigenvalue weighted by Gasteiger charge is -2.25. The maximum atomic E-state index is 4.17. The van der Waals surface area contributed by atoms with Gasteiger partial charge in [0.2, 0.25) is 0 Å². The summed E-state index contributed by atoms with van der Waals surface area (Å²) in [5.41, 5.74) is 1.43. The Morgan fingerprint density at radius 1 is 1.31 bits per heavy atom. The maximum absolute atomic E-state index is 4.17. The van der Waals surface area contributed by atoms with Crippen LogP contribution >= 0.6 is 0 Å². The molecule has 0 aliphatic rings. The number of pyridine rings is 1. The number of nitrogens with zero attached hydrogens (tertiary/aromatic N) is 1. The molecule has 90 valence electrons. The summed E-state index contributed by atoms with van der Waals surface area (Å²) in [7, 11) is 1.99. The molecule has 0 amide bonds. The average Bonchev–Trinajstić information content (AvgIpc) is 2.30. The van der Waals surface area contributed by atoms with Gasteiger partial charge in [0.1, 0.15) is 0 Å². The normalized spacial score (nSPS) is 11.7. The first-order valence-electron chi connectivity index (χ1n) is 5.92. The van der Waals surface area contributed by atoms with E-state index in [1.165, 1.54) is 12.0 Å². The van der Waals surface area contributed by atoms with Crippen LogP contribution in [-0.4, -0.2) is 31.7 Å². The molecule has 0 fully saturated rings. The van der Waals surface area contributed by atoms with Crippen molar-refractivity contribution in [2.24, 2.45) is 0 Å². The van der Waals surface area contributed by atoms with E-state index in [0.29, 0.717) is 0 Å². The van der Waals surface area contributed by atoms with Crippen molar-refractivity contribution in [1.29, 1.82) is 0 Å². The first-order chi connectivity index (χ1) is 7.67. The summed E-state index contributed by atoms with van der Waals surface area (Å²) in [6.07, 6.45) is 4.94. The van der Waals surface area contributed by atoms with Gasteiger partial charge in [0, 0.05) is 24.4 Å². The number of hydrogen-bond donors (Lipinski definition) is 2. The van der Waals surface area contributed by atoms with Gasteiger partial charge < -0.3 is 10.6 Å². The Kier molecular flexibility index (Phi) is 5.43. The number of rotatable bonds is 7. The SMILES string of the molecule is CNCCCNCC(C)(C)c1cccnc1. The summed E-state index contributed by atoms with van der Waals surface area (Å²) in [5.74, 6) is 0. The van der Waals surface area contributed by atoms with E-state index in [4.69, 9.17) is 0 Å². The Morgan fingerprint density at radius 2 is 2.12 bits per heavy atom. The van der Waals surface area contributed by atoms with Gasteiger partial charge in [0.25, 0.3) is 0 Å². The van der Waals surface area contributed by atoms with Crippen LogP contribution in [0.2, 0.25) is 0 Å². The molecular weight excluding hydrogens is 198 g/mol. The zero-order valence-electron chi connectivity index (χ0n) is 10.6. The van der Waals surface area contributed by atoms with Gasteiger partial charge >= 0.3 is 0 Å². The van der Waals surface area contributed by atoms with Crippen molar-refractivity contribution in [2.45, 2.75) is 25.7 Å². The summed E-state index contributed by atoms with van der Waals surface area (Å²) in [6, 6.07) is 4.14. The van der Waals surface area contributed by atoms with Crippen LogP contribution in [0.3, 0.4) is 0 Å². The van der Waals surface area contributed by atoms with Gasteiger partial charge in [-0.2, -0.15) is 0 Å². The highest BCUT2D eigenvalue weighted by molar-refractivity contribution is 5.19. The molecule has 0 saturated carbocycles. The topological polar surface area (TPSA) is 37.0 Å². The highest BCUT2D eigenvalue weighted by atomic mass is 14.9. The Hall–Kier alpha value is -0.930. The third kappa shape index (κ3) is 4.29.